The highest BCUT2D eigenvalue weighted by Gasteiger charge is 2.41. The quantitative estimate of drug-likeness (QED) is 0.783. The predicted octanol–water partition coefficient (Wildman–Crippen LogP) is 3.27. The van der Waals surface area contributed by atoms with Gasteiger partial charge in [-0.25, -0.2) is 13.2 Å². The van der Waals surface area contributed by atoms with Gasteiger partial charge < -0.3 is 10.5 Å². The molecule has 20 heavy (non-hydrogen) atoms. The SMILES string of the molecule is NC(COCC(F)(F)C(F)F)Cc1cccc(Cl)c1F. The Balaban J connectivity index is 2.45. The van der Waals surface area contributed by atoms with E-state index in [1.54, 1.807) is 0 Å². The lowest BCUT2D eigenvalue weighted by Gasteiger charge is -2.17. The van der Waals surface area contributed by atoms with Gasteiger partial charge in [-0.15, -0.1) is 0 Å². The van der Waals surface area contributed by atoms with Gasteiger partial charge in [-0.2, -0.15) is 8.78 Å². The molecule has 0 aliphatic carbocycles. The van der Waals surface area contributed by atoms with Gasteiger partial charge in [0, 0.05) is 6.04 Å². The first kappa shape index (κ1) is 17.1. The second-order valence-electron chi connectivity index (χ2n) is 4.25. The van der Waals surface area contributed by atoms with Gasteiger partial charge in [0.1, 0.15) is 12.4 Å². The van der Waals surface area contributed by atoms with Crippen LogP contribution in [-0.2, 0) is 11.2 Å². The van der Waals surface area contributed by atoms with E-state index in [2.05, 4.69) is 4.74 Å². The normalized spacial score (nSPS) is 13.8. The fourth-order valence-corrected chi connectivity index (χ4v) is 1.65. The van der Waals surface area contributed by atoms with Crippen LogP contribution in [0.15, 0.2) is 18.2 Å². The van der Waals surface area contributed by atoms with Crippen LogP contribution in [0, 0.1) is 5.82 Å². The van der Waals surface area contributed by atoms with E-state index in [9.17, 15) is 22.0 Å². The Hall–Kier alpha value is -0.920. The Kier molecular flexibility index (Phi) is 6.16. The van der Waals surface area contributed by atoms with Crippen LogP contribution in [0.5, 0.6) is 0 Å². The molecule has 8 heteroatoms. The maximum absolute atomic E-state index is 13.5. The molecule has 0 aromatic heterocycles. The number of nitrogens with two attached hydrogens (primary N) is 1. The van der Waals surface area contributed by atoms with Crippen molar-refractivity contribution in [3.63, 3.8) is 0 Å². The molecule has 0 aliphatic rings. The number of rotatable bonds is 7. The van der Waals surface area contributed by atoms with Crippen LogP contribution < -0.4 is 5.73 Å². The van der Waals surface area contributed by atoms with Gasteiger partial charge in [-0.1, -0.05) is 23.7 Å². The first-order valence-corrected chi connectivity index (χ1v) is 6.04. The molecular formula is C12H13ClF5NO. The molecule has 114 valence electrons. The molecule has 1 atom stereocenters. The fraction of sp³-hybridized carbons (Fsp3) is 0.500. The number of hydrogen-bond acceptors (Lipinski definition) is 2. The van der Waals surface area contributed by atoms with E-state index in [4.69, 9.17) is 17.3 Å². The molecule has 2 nitrogen and oxygen atoms in total. The molecule has 0 spiro atoms. The van der Waals surface area contributed by atoms with Crippen molar-refractivity contribution in [3.8, 4) is 0 Å². The second kappa shape index (κ2) is 7.19. The minimum atomic E-state index is -4.22. The van der Waals surface area contributed by atoms with Crippen molar-refractivity contribution in [2.24, 2.45) is 5.73 Å². The highest BCUT2D eigenvalue weighted by molar-refractivity contribution is 6.30. The summed E-state index contributed by atoms with van der Waals surface area (Å²) in [4.78, 5) is 0. The molecule has 0 aliphatic heterocycles. The monoisotopic (exact) mass is 317 g/mol. The van der Waals surface area contributed by atoms with Crippen LogP contribution in [0.2, 0.25) is 5.02 Å². The van der Waals surface area contributed by atoms with Gasteiger partial charge in [0.15, 0.2) is 0 Å². The van der Waals surface area contributed by atoms with Crippen LogP contribution in [0.25, 0.3) is 0 Å². The average Bonchev–Trinajstić information content (AvgIpc) is 2.34. The summed E-state index contributed by atoms with van der Waals surface area (Å²) in [6, 6.07) is 3.50. The third-order valence-corrected chi connectivity index (χ3v) is 2.75. The third kappa shape index (κ3) is 4.88. The number of halogens is 6. The zero-order valence-electron chi connectivity index (χ0n) is 10.3. The largest absolute Gasteiger partial charge is 0.373 e. The van der Waals surface area contributed by atoms with E-state index in [1.165, 1.54) is 18.2 Å². The maximum atomic E-state index is 13.5. The summed E-state index contributed by atoms with van der Waals surface area (Å²) in [5.41, 5.74) is 5.77. The molecule has 1 aromatic carbocycles. The highest BCUT2D eigenvalue weighted by Crippen LogP contribution is 2.23. The average molecular weight is 318 g/mol. The lowest BCUT2D eigenvalue weighted by molar-refractivity contribution is -0.166. The summed E-state index contributed by atoms with van der Waals surface area (Å²) in [6.07, 6.45) is -3.81. The van der Waals surface area contributed by atoms with Gasteiger partial charge in [-0.3, -0.25) is 0 Å². The molecule has 0 heterocycles. The van der Waals surface area contributed by atoms with Crippen LogP contribution >= 0.6 is 11.6 Å². The van der Waals surface area contributed by atoms with E-state index in [1.807, 2.05) is 0 Å². The van der Waals surface area contributed by atoms with Crippen LogP contribution in [0.1, 0.15) is 5.56 Å². The molecular weight excluding hydrogens is 305 g/mol. The molecule has 0 saturated carbocycles. The number of alkyl halides is 4. The molecule has 0 saturated heterocycles. The van der Waals surface area contributed by atoms with Crippen molar-refractivity contribution < 1.29 is 26.7 Å². The van der Waals surface area contributed by atoms with Crippen molar-refractivity contribution >= 4 is 11.6 Å². The number of hydrogen-bond donors (Lipinski definition) is 1. The zero-order chi connectivity index (χ0) is 15.3. The summed E-state index contributed by atoms with van der Waals surface area (Å²) in [5, 5.41) is -0.0835. The van der Waals surface area contributed by atoms with E-state index in [-0.39, 0.29) is 17.0 Å². The van der Waals surface area contributed by atoms with Crippen molar-refractivity contribution in [1.29, 1.82) is 0 Å². The van der Waals surface area contributed by atoms with Gasteiger partial charge >= 0.3 is 12.3 Å². The molecule has 1 rings (SSSR count). The summed E-state index contributed by atoms with van der Waals surface area (Å²) in [7, 11) is 0. The van der Waals surface area contributed by atoms with Crippen LogP contribution in [0.3, 0.4) is 0 Å². The van der Waals surface area contributed by atoms with Gasteiger partial charge in [0.05, 0.1) is 11.6 Å². The Morgan fingerprint density at radius 3 is 2.55 bits per heavy atom. The zero-order valence-corrected chi connectivity index (χ0v) is 11.0. The minimum absolute atomic E-state index is 0.00730. The molecule has 0 amide bonds. The van der Waals surface area contributed by atoms with Crippen LogP contribution in [-0.4, -0.2) is 31.6 Å². The van der Waals surface area contributed by atoms with Gasteiger partial charge in [0.2, 0.25) is 0 Å². The minimum Gasteiger partial charge on any atom is -0.373 e. The summed E-state index contributed by atoms with van der Waals surface area (Å²) < 4.78 is 66.8. The lowest BCUT2D eigenvalue weighted by Crippen LogP contribution is -2.36. The predicted molar refractivity (Wildman–Crippen MR) is 64.9 cm³/mol. The fourth-order valence-electron chi connectivity index (χ4n) is 1.46. The standard InChI is InChI=1S/C12H13ClF5NO/c13-9-3-1-2-7(10(9)14)4-8(19)5-20-6-12(17,18)11(15)16/h1-3,8,11H,4-6,19H2. The number of ether oxygens (including phenoxy) is 1. The summed E-state index contributed by atoms with van der Waals surface area (Å²) in [6.45, 7) is -1.83. The van der Waals surface area contributed by atoms with E-state index in [0.29, 0.717) is 0 Å². The molecule has 2 N–H and O–H groups in total. The topological polar surface area (TPSA) is 35.2 Å². The summed E-state index contributed by atoms with van der Waals surface area (Å²) in [5.74, 6) is -4.87. The molecule has 0 bridgehead atoms. The lowest BCUT2D eigenvalue weighted by atomic mass is 10.1. The van der Waals surface area contributed by atoms with E-state index in [0.717, 1.165) is 0 Å². The van der Waals surface area contributed by atoms with Gasteiger partial charge in [-0.05, 0) is 18.1 Å². The Labute approximate surface area is 117 Å². The first-order chi connectivity index (χ1) is 9.24. The van der Waals surface area contributed by atoms with E-state index < -0.39 is 37.4 Å². The van der Waals surface area contributed by atoms with Crippen molar-refractivity contribution in [2.45, 2.75) is 24.8 Å². The third-order valence-electron chi connectivity index (χ3n) is 2.46. The maximum Gasteiger partial charge on any atom is 0.330 e. The van der Waals surface area contributed by atoms with Gasteiger partial charge in [0.25, 0.3) is 0 Å². The summed E-state index contributed by atoms with van der Waals surface area (Å²) >= 11 is 5.57. The molecule has 1 unspecified atom stereocenters. The molecule has 0 radical (unpaired) electrons. The van der Waals surface area contributed by atoms with Crippen molar-refractivity contribution in [3.05, 3.63) is 34.6 Å². The molecule has 1 aromatic rings. The Morgan fingerprint density at radius 1 is 1.30 bits per heavy atom. The van der Waals surface area contributed by atoms with Crippen molar-refractivity contribution in [1.82, 2.24) is 0 Å². The Bertz CT molecular complexity index is 444. The molecule has 0 fully saturated rings. The van der Waals surface area contributed by atoms with Crippen LogP contribution in [0.4, 0.5) is 22.0 Å². The Morgan fingerprint density at radius 2 is 1.95 bits per heavy atom. The highest BCUT2D eigenvalue weighted by atomic mass is 35.5. The smallest absolute Gasteiger partial charge is 0.330 e. The van der Waals surface area contributed by atoms with E-state index >= 15 is 0 Å². The van der Waals surface area contributed by atoms with Crippen molar-refractivity contribution in [2.75, 3.05) is 13.2 Å². The number of benzene rings is 1. The first-order valence-electron chi connectivity index (χ1n) is 5.66. The second-order valence-corrected chi connectivity index (χ2v) is 4.66.